The summed E-state index contributed by atoms with van der Waals surface area (Å²) in [6, 6.07) is 6.25. The van der Waals surface area contributed by atoms with Gasteiger partial charge in [-0.05, 0) is 61.1 Å². The first kappa shape index (κ1) is 25.8. The number of fused-ring (bicyclic) bond motifs is 2. The number of rotatable bonds is 6. The number of carbonyl (C=O) groups is 2. The zero-order valence-electron chi connectivity index (χ0n) is 20.4. The van der Waals surface area contributed by atoms with Crippen LogP contribution in [0.4, 0.5) is 18.9 Å². The molecule has 0 fully saturated rings. The maximum absolute atomic E-state index is 12.9. The molecule has 0 saturated heterocycles. The van der Waals surface area contributed by atoms with Crippen LogP contribution in [0, 0.1) is 0 Å². The Labute approximate surface area is 215 Å². The third-order valence-electron chi connectivity index (χ3n) is 7.01. The van der Waals surface area contributed by atoms with Crippen LogP contribution in [-0.2, 0) is 30.4 Å². The maximum atomic E-state index is 12.9. The number of nitrogens with one attached hydrogen (secondary N) is 2. The highest BCUT2D eigenvalue weighted by Gasteiger charge is 2.30. The summed E-state index contributed by atoms with van der Waals surface area (Å²) in [6.45, 7) is 1.04. The van der Waals surface area contributed by atoms with Gasteiger partial charge in [0.15, 0.2) is 0 Å². The average Bonchev–Trinajstić information content (AvgIpc) is 2.90. The fourth-order valence-corrected chi connectivity index (χ4v) is 5.16. The van der Waals surface area contributed by atoms with E-state index in [9.17, 15) is 32.7 Å². The molecule has 0 aliphatic carbocycles. The Hall–Kier alpha value is -3.86. The van der Waals surface area contributed by atoms with Gasteiger partial charge in [0.25, 0.3) is 5.91 Å². The third kappa shape index (κ3) is 4.98. The van der Waals surface area contributed by atoms with Crippen molar-refractivity contribution in [2.24, 2.45) is 0 Å². The number of hydrogen-bond acceptors (Lipinski definition) is 6. The molecular weight excluding hydrogens is 503 g/mol. The number of aliphatic hydroxyl groups is 1. The van der Waals surface area contributed by atoms with E-state index >= 15 is 0 Å². The summed E-state index contributed by atoms with van der Waals surface area (Å²) < 4.78 is 43.8. The molecule has 200 valence electrons. The van der Waals surface area contributed by atoms with Crippen LogP contribution in [-0.4, -0.2) is 42.7 Å². The van der Waals surface area contributed by atoms with Crippen molar-refractivity contribution < 1.29 is 32.3 Å². The highest BCUT2D eigenvalue weighted by molar-refractivity contribution is 6.00. The standard InChI is InChI=1S/C27H26F3N3O5/c28-27(29,30)18-7-5-15(6-8-18)13-31-25(36)21(14-34)32-24(35)20-12-17-11-16-3-1-9-33-10-2-4-19(22(16)33)23(17)38-26(20)37/h5-8,11-12,21,34H,1-4,9-10,13-14H2,(H,31,36)(H,32,35)/t21-/m0/s1. The minimum Gasteiger partial charge on any atom is -0.422 e. The van der Waals surface area contributed by atoms with E-state index in [0.29, 0.717) is 16.5 Å². The molecule has 0 spiro atoms. The molecule has 0 saturated carbocycles. The van der Waals surface area contributed by atoms with Crippen LogP contribution in [0.25, 0.3) is 11.0 Å². The largest absolute Gasteiger partial charge is 0.422 e. The molecule has 0 unspecified atom stereocenters. The summed E-state index contributed by atoms with van der Waals surface area (Å²) >= 11 is 0. The summed E-state index contributed by atoms with van der Waals surface area (Å²) in [4.78, 5) is 40.6. The van der Waals surface area contributed by atoms with Crippen LogP contribution in [0.3, 0.4) is 0 Å². The van der Waals surface area contributed by atoms with Gasteiger partial charge in [-0.1, -0.05) is 12.1 Å². The lowest BCUT2D eigenvalue weighted by Crippen LogP contribution is -2.49. The number of benzene rings is 2. The van der Waals surface area contributed by atoms with Gasteiger partial charge < -0.3 is 25.1 Å². The predicted octanol–water partition coefficient (Wildman–Crippen LogP) is 2.92. The Morgan fingerprint density at radius 1 is 1.08 bits per heavy atom. The zero-order chi connectivity index (χ0) is 27.0. The van der Waals surface area contributed by atoms with E-state index in [-0.39, 0.29) is 12.1 Å². The summed E-state index contributed by atoms with van der Waals surface area (Å²) in [7, 11) is 0. The lowest BCUT2D eigenvalue weighted by Gasteiger charge is -2.37. The number of anilines is 1. The number of alkyl halides is 3. The van der Waals surface area contributed by atoms with Crippen molar-refractivity contribution in [3.63, 3.8) is 0 Å². The van der Waals surface area contributed by atoms with Crippen LogP contribution in [0.5, 0.6) is 0 Å². The monoisotopic (exact) mass is 529 g/mol. The zero-order valence-corrected chi connectivity index (χ0v) is 20.4. The van der Waals surface area contributed by atoms with Crippen molar-refractivity contribution in [3.8, 4) is 0 Å². The molecule has 3 heterocycles. The third-order valence-corrected chi connectivity index (χ3v) is 7.01. The number of hydrogen-bond donors (Lipinski definition) is 3. The number of carbonyl (C=O) groups excluding carboxylic acids is 2. The summed E-state index contributed by atoms with van der Waals surface area (Å²) in [5.74, 6) is -1.64. The maximum Gasteiger partial charge on any atom is 0.416 e. The lowest BCUT2D eigenvalue weighted by atomic mass is 9.90. The van der Waals surface area contributed by atoms with E-state index in [0.717, 1.165) is 67.7 Å². The van der Waals surface area contributed by atoms with E-state index in [1.165, 1.54) is 18.2 Å². The molecule has 11 heteroatoms. The van der Waals surface area contributed by atoms with E-state index in [1.54, 1.807) is 0 Å². The molecular formula is C27H26F3N3O5. The van der Waals surface area contributed by atoms with E-state index in [1.807, 2.05) is 6.07 Å². The van der Waals surface area contributed by atoms with Gasteiger partial charge in [-0.25, -0.2) is 4.79 Å². The Balaban J connectivity index is 1.31. The quantitative estimate of drug-likeness (QED) is 0.424. The summed E-state index contributed by atoms with van der Waals surface area (Å²) in [5.41, 5.74) is 2.16. The Kier molecular flexibility index (Phi) is 6.87. The van der Waals surface area contributed by atoms with Gasteiger partial charge in [0.2, 0.25) is 5.91 Å². The van der Waals surface area contributed by atoms with Crippen molar-refractivity contribution >= 4 is 28.5 Å². The predicted molar refractivity (Wildman–Crippen MR) is 133 cm³/mol. The molecule has 0 radical (unpaired) electrons. The molecule has 2 aromatic carbocycles. The topological polar surface area (TPSA) is 112 Å². The summed E-state index contributed by atoms with van der Waals surface area (Å²) in [5, 5.41) is 15.1. The van der Waals surface area contributed by atoms with Crippen molar-refractivity contribution in [3.05, 3.63) is 74.6 Å². The number of nitrogens with zero attached hydrogens (tertiary/aromatic N) is 1. The molecule has 3 aromatic rings. The van der Waals surface area contributed by atoms with Gasteiger partial charge in [0, 0.05) is 36.3 Å². The first-order chi connectivity index (χ1) is 18.2. The Morgan fingerprint density at radius 3 is 2.47 bits per heavy atom. The number of halogens is 3. The average molecular weight is 530 g/mol. The number of amides is 2. The van der Waals surface area contributed by atoms with Gasteiger partial charge in [-0.2, -0.15) is 13.2 Å². The second-order valence-electron chi connectivity index (χ2n) is 9.54. The minimum absolute atomic E-state index is 0.119. The first-order valence-electron chi connectivity index (χ1n) is 12.4. The van der Waals surface area contributed by atoms with Crippen LogP contribution < -0.4 is 21.2 Å². The molecule has 1 aromatic heterocycles. The smallest absolute Gasteiger partial charge is 0.416 e. The molecule has 2 amide bonds. The molecule has 38 heavy (non-hydrogen) atoms. The molecule has 1 atom stereocenters. The van der Waals surface area contributed by atoms with Gasteiger partial charge in [0.1, 0.15) is 17.2 Å². The van der Waals surface area contributed by atoms with E-state index in [2.05, 4.69) is 15.5 Å². The molecule has 2 aliphatic heterocycles. The Bertz CT molecular complexity index is 1450. The first-order valence-corrected chi connectivity index (χ1v) is 12.4. The van der Waals surface area contributed by atoms with E-state index in [4.69, 9.17) is 4.42 Å². The molecule has 8 nitrogen and oxygen atoms in total. The molecule has 3 N–H and O–H groups in total. The second kappa shape index (κ2) is 10.1. The SMILES string of the molecule is O=C(N[C@@H](CO)C(=O)NCc1ccc(C(F)(F)F)cc1)c1cc2cc3c4c(c2oc1=O)CCCN4CCC3. The highest BCUT2D eigenvalue weighted by atomic mass is 19.4. The summed E-state index contributed by atoms with van der Waals surface area (Å²) in [6.07, 6.45) is -0.850. The van der Waals surface area contributed by atoms with Gasteiger partial charge in [0.05, 0.1) is 12.2 Å². The van der Waals surface area contributed by atoms with Gasteiger partial charge in [-0.15, -0.1) is 0 Å². The van der Waals surface area contributed by atoms with Crippen molar-refractivity contribution in [2.45, 2.75) is 44.4 Å². The van der Waals surface area contributed by atoms with Gasteiger partial charge in [-0.3, -0.25) is 9.59 Å². The molecule has 2 aliphatic rings. The number of aliphatic hydroxyl groups excluding tert-OH is 1. The van der Waals surface area contributed by atoms with Crippen molar-refractivity contribution in [2.75, 3.05) is 24.6 Å². The number of aryl methyl sites for hydroxylation is 2. The normalized spacial score (nSPS) is 15.6. The van der Waals surface area contributed by atoms with E-state index < -0.39 is 41.8 Å². The van der Waals surface area contributed by atoms with Crippen LogP contribution in [0.2, 0.25) is 0 Å². The van der Waals surface area contributed by atoms with Gasteiger partial charge >= 0.3 is 11.8 Å². The Morgan fingerprint density at radius 2 is 1.79 bits per heavy atom. The van der Waals surface area contributed by atoms with Crippen LogP contribution >= 0.6 is 0 Å². The molecule has 0 bridgehead atoms. The lowest BCUT2D eigenvalue weighted by molar-refractivity contribution is -0.137. The fraction of sp³-hybridized carbons (Fsp3) is 0.370. The van der Waals surface area contributed by atoms with Crippen molar-refractivity contribution in [1.82, 2.24) is 10.6 Å². The fourth-order valence-electron chi connectivity index (χ4n) is 5.16. The van der Waals surface area contributed by atoms with Crippen LogP contribution in [0.15, 0.2) is 45.6 Å². The molecule has 5 rings (SSSR count). The highest BCUT2D eigenvalue weighted by Crippen LogP contribution is 2.39. The minimum atomic E-state index is -4.47. The van der Waals surface area contributed by atoms with Crippen LogP contribution in [0.1, 0.15) is 45.5 Å². The second-order valence-corrected chi connectivity index (χ2v) is 9.54. The van der Waals surface area contributed by atoms with Crippen molar-refractivity contribution in [1.29, 1.82) is 0 Å².